The molecule has 0 spiro atoms. The van der Waals surface area contributed by atoms with E-state index < -0.39 is 0 Å². The number of fused-ring (bicyclic) bond motifs is 2. The van der Waals surface area contributed by atoms with Gasteiger partial charge in [0.2, 0.25) is 0 Å². The van der Waals surface area contributed by atoms with E-state index in [2.05, 4.69) is 53.9 Å². The van der Waals surface area contributed by atoms with E-state index in [1.165, 1.54) is 26.8 Å². The smallest absolute Gasteiger partial charge is 0.0958 e. The molecule has 0 amide bonds. The minimum atomic E-state index is 0.0583. The van der Waals surface area contributed by atoms with Gasteiger partial charge in [-0.25, -0.2) is 0 Å². The summed E-state index contributed by atoms with van der Waals surface area (Å²) < 4.78 is 5.97. The molecule has 2 nitrogen and oxygen atoms in total. The van der Waals surface area contributed by atoms with E-state index in [9.17, 15) is 0 Å². The van der Waals surface area contributed by atoms with Crippen molar-refractivity contribution < 1.29 is 4.74 Å². The molecule has 0 fully saturated rings. The van der Waals surface area contributed by atoms with Crippen molar-refractivity contribution in [3.8, 4) is 0 Å². The second-order valence-electron chi connectivity index (χ2n) is 5.46. The molecule has 21 heavy (non-hydrogen) atoms. The summed E-state index contributed by atoms with van der Waals surface area (Å²) in [6, 6.07) is 17.4. The van der Waals surface area contributed by atoms with Gasteiger partial charge in [-0.05, 0) is 33.3 Å². The van der Waals surface area contributed by atoms with Gasteiger partial charge < -0.3 is 10.5 Å². The molecule has 2 aromatic carbocycles. The second kappa shape index (κ2) is 5.26. The first-order valence-electron chi connectivity index (χ1n) is 7.24. The summed E-state index contributed by atoms with van der Waals surface area (Å²) in [4.78, 5) is 1.41. The van der Waals surface area contributed by atoms with E-state index in [1.54, 1.807) is 0 Å². The fourth-order valence-electron chi connectivity index (χ4n) is 3.13. The van der Waals surface area contributed by atoms with Gasteiger partial charge in [0.15, 0.2) is 0 Å². The van der Waals surface area contributed by atoms with Crippen LogP contribution in [0.25, 0.3) is 10.8 Å². The first-order valence-corrected chi connectivity index (χ1v) is 8.12. The van der Waals surface area contributed by atoms with Crippen molar-refractivity contribution in [1.82, 2.24) is 0 Å². The summed E-state index contributed by atoms with van der Waals surface area (Å²) in [5.41, 5.74) is 8.41. The number of rotatable bonds is 2. The predicted molar refractivity (Wildman–Crippen MR) is 87.9 cm³/mol. The molecule has 1 aliphatic heterocycles. The molecule has 1 aliphatic rings. The van der Waals surface area contributed by atoms with Crippen molar-refractivity contribution in [3.05, 3.63) is 69.9 Å². The van der Waals surface area contributed by atoms with Gasteiger partial charge in [-0.3, -0.25) is 0 Å². The molecule has 0 aliphatic carbocycles. The maximum Gasteiger partial charge on any atom is 0.0958 e. The van der Waals surface area contributed by atoms with E-state index in [0.29, 0.717) is 19.1 Å². The Balaban J connectivity index is 1.79. The van der Waals surface area contributed by atoms with Gasteiger partial charge in [-0.15, -0.1) is 11.3 Å². The van der Waals surface area contributed by atoms with Crippen LogP contribution >= 0.6 is 11.3 Å². The van der Waals surface area contributed by atoms with Crippen LogP contribution in [-0.2, 0) is 4.74 Å². The standard InChI is InChI=1S/C18H17NOS/c19-10-17-15-7-8-21-18(15)16(11-20-17)14-6-5-12-3-1-2-4-13(12)9-14/h1-9,16-17H,10-11,19H2. The van der Waals surface area contributed by atoms with Crippen LogP contribution in [0.15, 0.2) is 53.9 Å². The highest BCUT2D eigenvalue weighted by Crippen LogP contribution is 2.41. The third-order valence-corrected chi connectivity index (χ3v) is 5.29. The van der Waals surface area contributed by atoms with Crippen molar-refractivity contribution in [2.45, 2.75) is 12.0 Å². The molecule has 106 valence electrons. The minimum Gasteiger partial charge on any atom is -0.371 e. The Morgan fingerprint density at radius 3 is 2.81 bits per heavy atom. The maximum atomic E-state index is 5.97. The highest BCUT2D eigenvalue weighted by atomic mass is 32.1. The first-order chi connectivity index (χ1) is 10.4. The first kappa shape index (κ1) is 13.0. The molecule has 2 atom stereocenters. The summed E-state index contributed by atoms with van der Waals surface area (Å²) in [6.07, 6.45) is 0.0583. The fourth-order valence-corrected chi connectivity index (χ4v) is 4.19. The Hall–Kier alpha value is -1.68. The van der Waals surface area contributed by atoms with E-state index in [-0.39, 0.29) is 6.10 Å². The lowest BCUT2D eigenvalue weighted by atomic mass is 9.90. The van der Waals surface area contributed by atoms with Crippen LogP contribution < -0.4 is 5.73 Å². The molecule has 0 radical (unpaired) electrons. The average molecular weight is 295 g/mol. The SMILES string of the molecule is NCC1OCC(c2ccc3ccccc3c2)c2sccc21. The molecule has 3 aromatic rings. The van der Waals surface area contributed by atoms with Gasteiger partial charge >= 0.3 is 0 Å². The Bertz CT molecular complexity index is 779. The van der Waals surface area contributed by atoms with Gasteiger partial charge in [0.05, 0.1) is 12.7 Å². The van der Waals surface area contributed by atoms with E-state index in [1.807, 2.05) is 11.3 Å². The van der Waals surface area contributed by atoms with Crippen LogP contribution in [0.1, 0.15) is 28.0 Å². The highest BCUT2D eigenvalue weighted by molar-refractivity contribution is 7.10. The van der Waals surface area contributed by atoms with Crippen molar-refractivity contribution in [1.29, 1.82) is 0 Å². The quantitative estimate of drug-likeness (QED) is 0.773. The molecular formula is C18H17NOS. The van der Waals surface area contributed by atoms with Crippen LogP contribution in [0.2, 0.25) is 0 Å². The van der Waals surface area contributed by atoms with Crippen LogP contribution in [0.4, 0.5) is 0 Å². The average Bonchev–Trinajstić information content (AvgIpc) is 3.03. The molecule has 1 aromatic heterocycles. The predicted octanol–water partition coefficient (Wildman–Crippen LogP) is 4.06. The monoisotopic (exact) mass is 295 g/mol. The Kier molecular flexibility index (Phi) is 3.26. The number of hydrogen-bond acceptors (Lipinski definition) is 3. The molecule has 3 heteroatoms. The zero-order chi connectivity index (χ0) is 14.2. The molecule has 0 saturated heterocycles. The molecule has 4 rings (SSSR count). The van der Waals surface area contributed by atoms with Gasteiger partial charge in [0, 0.05) is 17.3 Å². The topological polar surface area (TPSA) is 35.2 Å². The third kappa shape index (κ3) is 2.18. The summed E-state index contributed by atoms with van der Waals surface area (Å²) in [5, 5.41) is 4.72. The van der Waals surface area contributed by atoms with Crippen LogP contribution in [0, 0.1) is 0 Å². The second-order valence-corrected chi connectivity index (χ2v) is 6.40. The van der Waals surface area contributed by atoms with Crippen molar-refractivity contribution in [3.63, 3.8) is 0 Å². The Labute approximate surface area is 128 Å². The Morgan fingerprint density at radius 2 is 1.95 bits per heavy atom. The minimum absolute atomic E-state index is 0.0583. The molecule has 2 N–H and O–H groups in total. The molecule has 2 unspecified atom stereocenters. The van der Waals surface area contributed by atoms with Crippen molar-refractivity contribution in [2.24, 2.45) is 5.73 Å². The summed E-state index contributed by atoms with van der Waals surface area (Å²) >= 11 is 1.82. The molecular weight excluding hydrogens is 278 g/mol. The van der Waals surface area contributed by atoms with Crippen molar-refractivity contribution >= 4 is 22.1 Å². The molecule has 0 bridgehead atoms. The largest absolute Gasteiger partial charge is 0.371 e. The fraction of sp³-hybridized carbons (Fsp3) is 0.222. The van der Waals surface area contributed by atoms with Crippen LogP contribution in [-0.4, -0.2) is 13.2 Å². The number of nitrogens with two attached hydrogens (primary N) is 1. The van der Waals surface area contributed by atoms with E-state index in [0.717, 1.165) is 0 Å². The zero-order valence-corrected chi connectivity index (χ0v) is 12.5. The Morgan fingerprint density at radius 1 is 1.10 bits per heavy atom. The summed E-state index contributed by atoms with van der Waals surface area (Å²) in [5.74, 6) is 0.326. The third-order valence-electron chi connectivity index (χ3n) is 4.24. The number of ether oxygens (including phenoxy) is 1. The normalized spacial score (nSPS) is 21.4. The van der Waals surface area contributed by atoms with Gasteiger partial charge in [-0.1, -0.05) is 42.5 Å². The number of benzene rings is 2. The summed E-state index contributed by atoms with van der Waals surface area (Å²) in [6.45, 7) is 1.27. The number of thiophene rings is 1. The molecule has 2 heterocycles. The summed E-state index contributed by atoms with van der Waals surface area (Å²) in [7, 11) is 0. The van der Waals surface area contributed by atoms with Crippen molar-refractivity contribution in [2.75, 3.05) is 13.2 Å². The lowest BCUT2D eigenvalue weighted by Crippen LogP contribution is -2.25. The number of hydrogen-bond donors (Lipinski definition) is 1. The van der Waals surface area contributed by atoms with Gasteiger partial charge in [0.25, 0.3) is 0 Å². The lowest BCUT2D eigenvalue weighted by Gasteiger charge is -2.29. The van der Waals surface area contributed by atoms with Crippen LogP contribution in [0.5, 0.6) is 0 Å². The molecule has 0 saturated carbocycles. The van der Waals surface area contributed by atoms with Gasteiger partial charge in [0.1, 0.15) is 0 Å². The van der Waals surface area contributed by atoms with E-state index >= 15 is 0 Å². The highest BCUT2D eigenvalue weighted by Gasteiger charge is 2.29. The lowest BCUT2D eigenvalue weighted by molar-refractivity contribution is 0.0412. The van der Waals surface area contributed by atoms with Gasteiger partial charge in [-0.2, -0.15) is 0 Å². The zero-order valence-electron chi connectivity index (χ0n) is 11.7. The van der Waals surface area contributed by atoms with E-state index in [4.69, 9.17) is 10.5 Å². The van der Waals surface area contributed by atoms with Crippen LogP contribution in [0.3, 0.4) is 0 Å². The maximum absolute atomic E-state index is 5.97.